The summed E-state index contributed by atoms with van der Waals surface area (Å²) in [7, 11) is 0. The van der Waals surface area contributed by atoms with E-state index in [0.29, 0.717) is 51.3 Å². The normalized spacial score (nSPS) is 12.7. The van der Waals surface area contributed by atoms with Crippen molar-refractivity contribution in [2.24, 2.45) is 5.92 Å². The quantitative estimate of drug-likeness (QED) is 0.200. The van der Waals surface area contributed by atoms with Crippen molar-refractivity contribution in [3.63, 3.8) is 0 Å². The van der Waals surface area contributed by atoms with Gasteiger partial charge in [-0.05, 0) is 12.8 Å². The van der Waals surface area contributed by atoms with Crippen molar-refractivity contribution in [1.82, 2.24) is 26.3 Å². The van der Waals surface area contributed by atoms with Gasteiger partial charge in [0.25, 0.3) is 0 Å². The van der Waals surface area contributed by atoms with E-state index in [0.717, 1.165) is 0 Å². The Balaban J connectivity index is 2.10. The number of carbonyl (C=O) groups is 4. The van der Waals surface area contributed by atoms with Crippen LogP contribution in [-0.2, 0) is 35.1 Å². The number of nitrogens with zero attached hydrogens (tertiary/aromatic N) is 1. The van der Waals surface area contributed by atoms with Gasteiger partial charge in [-0.2, -0.15) is 0 Å². The molecule has 2 atom stereocenters. The van der Waals surface area contributed by atoms with Gasteiger partial charge in [-0.3, -0.25) is 19.2 Å². The van der Waals surface area contributed by atoms with Gasteiger partial charge in [0.2, 0.25) is 11.8 Å². The van der Waals surface area contributed by atoms with Gasteiger partial charge in [0, 0.05) is 44.7 Å². The van der Waals surface area contributed by atoms with Crippen LogP contribution in [0, 0.1) is 5.92 Å². The van der Waals surface area contributed by atoms with Crippen LogP contribution in [-0.4, -0.2) is 84.2 Å². The Labute approximate surface area is 193 Å². The Bertz CT molecular complexity index is 727. The lowest BCUT2D eigenvalue weighted by atomic mass is 9.92. The molecular weight excluding hydrogens is 434 g/mol. The molecule has 0 unspecified atom stereocenters. The summed E-state index contributed by atoms with van der Waals surface area (Å²) in [6, 6.07) is -1.03. The number of aromatic nitrogens is 2. The Morgan fingerprint density at radius 1 is 1.12 bits per heavy atom. The van der Waals surface area contributed by atoms with Crippen molar-refractivity contribution >= 4 is 23.6 Å². The van der Waals surface area contributed by atoms with Crippen molar-refractivity contribution in [3.8, 4) is 0 Å². The smallest absolute Gasteiger partial charge is 0.306 e. The molecule has 1 aromatic heterocycles. The third kappa shape index (κ3) is 14.0. The Kier molecular flexibility index (Phi) is 14.3. The highest BCUT2D eigenvalue weighted by molar-refractivity contribution is 5.87. The molecule has 12 heteroatoms. The number of H-pyrrole nitrogens is 1. The van der Waals surface area contributed by atoms with Crippen LogP contribution in [0.2, 0.25) is 0 Å². The molecule has 0 fully saturated rings. The first kappa shape index (κ1) is 28.2. The van der Waals surface area contributed by atoms with E-state index in [1.807, 2.05) is 0 Å². The number of hydrogen-bond acceptors (Lipinski definition) is 7. The molecule has 0 spiro atoms. The number of Topliss-reactive ketones (excluding diaryl/α,β-unsaturated/α-hetero) is 1. The minimum atomic E-state index is -1.06. The first-order valence-corrected chi connectivity index (χ1v) is 10.9. The lowest BCUT2D eigenvalue weighted by Gasteiger charge is -2.14. The van der Waals surface area contributed by atoms with Crippen LogP contribution in [0.4, 0.5) is 0 Å². The second-order valence-electron chi connectivity index (χ2n) is 7.53. The van der Waals surface area contributed by atoms with E-state index in [9.17, 15) is 24.3 Å². The minimum Gasteiger partial charge on any atom is -0.481 e. The van der Waals surface area contributed by atoms with Crippen LogP contribution in [0.15, 0.2) is 12.5 Å². The Hall–Kier alpha value is -2.83. The molecule has 1 rings (SSSR count). The average molecular weight is 469 g/mol. The number of unbranched alkanes of at least 4 members (excludes halogenated alkanes) is 1. The number of ether oxygens (including phenoxy) is 2. The van der Waals surface area contributed by atoms with Gasteiger partial charge >= 0.3 is 5.97 Å². The van der Waals surface area contributed by atoms with Crippen molar-refractivity contribution in [2.45, 2.75) is 45.1 Å². The first-order chi connectivity index (χ1) is 15.8. The molecule has 1 aromatic rings. The van der Waals surface area contributed by atoms with Gasteiger partial charge in [-0.25, -0.2) is 10.7 Å². The Morgan fingerprint density at radius 2 is 1.88 bits per heavy atom. The van der Waals surface area contributed by atoms with Gasteiger partial charge in [-0.15, -0.1) is 0 Å². The van der Waals surface area contributed by atoms with E-state index in [1.165, 1.54) is 19.4 Å². The van der Waals surface area contributed by atoms with Crippen molar-refractivity contribution in [2.75, 3.05) is 39.5 Å². The predicted molar refractivity (Wildman–Crippen MR) is 117 cm³/mol. The van der Waals surface area contributed by atoms with E-state index < -0.39 is 23.7 Å². The number of ketones is 1. The summed E-state index contributed by atoms with van der Waals surface area (Å²) in [5.74, 6) is -2.73. The number of nitrogens with one attached hydrogen (secondary N) is 4. The number of carboxylic acids is 1. The Morgan fingerprint density at radius 3 is 2.55 bits per heavy atom. The molecule has 0 saturated carbocycles. The number of imidazole rings is 1. The summed E-state index contributed by atoms with van der Waals surface area (Å²) >= 11 is 0. The zero-order chi connectivity index (χ0) is 24.5. The van der Waals surface area contributed by atoms with Crippen molar-refractivity contribution in [3.05, 3.63) is 18.2 Å². The third-order valence-electron chi connectivity index (χ3n) is 4.69. The number of hydrogen-bond donors (Lipinski definition) is 4. The standard InChI is InChI=1S/C21H34N5O7/c1-15(27)24-6-7-32-8-9-33-13-20(29)25-5-3-2-4-16(21(30)31)10-19(28)18(22)11-17-12-23-14-26-17/h12,14,16,18,22H,2-11,13H2,1H3,(H,23,26)(H,24,27)(H,25,29)(H,30,31)/t16-,18+/m1/s1. The molecule has 0 aromatic carbocycles. The van der Waals surface area contributed by atoms with Crippen LogP contribution >= 0.6 is 0 Å². The van der Waals surface area contributed by atoms with Gasteiger partial charge in [0.15, 0.2) is 5.78 Å². The van der Waals surface area contributed by atoms with E-state index >= 15 is 0 Å². The van der Waals surface area contributed by atoms with Gasteiger partial charge < -0.3 is 30.2 Å². The molecule has 0 saturated heterocycles. The molecule has 0 aliphatic heterocycles. The molecule has 33 heavy (non-hydrogen) atoms. The molecule has 0 aliphatic rings. The molecule has 185 valence electrons. The molecule has 0 aliphatic carbocycles. The lowest BCUT2D eigenvalue weighted by Crippen LogP contribution is -2.30. The molecule has 1 heterocycles. The molecule has 1 radical (unpaired) electrons. The van der Waals surface area contributed by atoms with E-state index in [4.69, 9.17) is 15.2 Å². The SMILES string of the molecule is CC(=O)NCCOCCOCC(=O)NCCCC[C@H](CC(=O)[C@@H]([NH])Cc1cnc[nH]1)C(=O)O. The third-order valence-corrected chi connectivity index (χ3v) is 4.69. The summed E-state index contributed by atoms with van der Waals surface area (Å²) in [5.41, 5.74) is 8.59. The molecule has 0 bridgehead atoms. The van der Waals surface area contributed by atoms with E-state index in [2.05, 4.69) is 20.6 Å². The maximum absolute atomic E-state index is 12.2. The van der Waals surface area contributed by atoms with E-state index in [-0.39, 0.29) is 37.9 Å². The fourth-order valence-corrected chi connectivity index (χ4v) is 2.91. The van der Waals surface area contributed by atoms with Crippen LogP contribution in [0.25, 0.3) is 0 Å². The van der Waals surface area contributed by atoms with Crippen molar-refractivity contribution < 1.29 is 33.8 Å². The topological polar surface area (TPSA) is 184 Å². The highest BCUT2D eigenvalue weighted by Gasteiger charge is 2.25. The van der Waals surface area contributed by atoms with Crippen LogP contribution in [0.1, 0.15) is 38.3 Å². The fraction of sp³-hybridized carbons (Fsp3) is 0.667. The maximum Gasteiger partial charge on any atom is 0.306 e. The zero-order valence-electron chi connectivity index (χ0n) is 18.9. The monoisotopic (exact) mass is 468 g/mol. The number of carboxylic acid groups (broad SMARTS) is 1. The summed E-state index contributed by atoms with van der Waals surface area (Å²) < 4.78 is 10.4. The van der Waals surface area contributed by atoms with E-state index in [1.54, 1.807) is 0 Å². The molecular formula is C21H34N5O7. The predicted octanol–water partition coefficient (Wildman–Crippen LogP) is -0.280. The summed E-state index contributed by atoms with van der Waals surface area (Å²) in [4.78, 5) is 52.7. The maximum atomic E-state index is 12.2. The number of carbonyl (C=O) groups excluding carboxylic acids is 3. The minimum absolute atomic E-state index is 0.109. The second kappa shape index (κ2) is 16.8. The van der Waals surface area contributed by atoms with Gasteiger partial charge in [0.05, 0.1) is 38.1 Å². The number of aliphatic carboxylic acids is 1. The first-order valence-electron chi connectivity index (χ1n) is 10.9. The van der Waals surface area contributed by atoms with Crippen LogP contribution in [0.3, 0.4) is 0 Å². The van der Waals surface area contributed by atoms with Gasteiger partial charge in [-0.1, -0.05) is 6.42 Å². The van der Waals surface area contributed by atoms with Crippen LogP contribution < -0.4 is 16.4 Å². The summed E-state index contributed by atoms with van der Waals surface area (Å²) in [5, 5.41) is 14.7. The van der Waals surface area contributed by atoms with Crippen LogP contribution in [0.5, 0.6) is 0 Å². The average Bonchev–Trinajstić information content (AvgIpc) is 3.27. The highest BCUT2D eigenvalue weighted by Crippen LogP contribution is 2.15. The van der Waals surface area contributed by atoms with Gasteiger partial charge in [0.1, 0.15) is 6.61 Å². The number of aromatic amines is 1. The highest BCUT2D eigenvalue weighted by atomic mass is 16.5. The lowest BCUT2D eigenvalue weighted by molar-refractivity contribution is -0.144. The fourth-order valence-electron chi connectivity index (χ4n) is 2.91. The largest absolute Gasteiger partial charge is 0.481 e. The summed E-state index contributed by atoms with van der Waals surface area (Å²) in [6.07, 6.45) is 4.36. The zero-order valence-corrected chi connectivity index (χ0v) is 18.9. The molecule has 2 amide bonds. The summed E-state index contributed by atoms with van der Waals surface area (Å²) in [6.45, 7) is 3.03. The molecule has 12 nitrogen and oxygen atoms in total. The number of rotatable bonds is 19. The second-order valence-corrected chi connectivity index (χ2v) is 7.53. The molecule has 5 N–H and O–H groups in total. The number of amides is 2. The van der Waals surface area contributed by atoms with Crippen molar-refractivity contribution in [1.29, 1.82) is 0 Å².